The molecule has 1 aliphatic heterocycles. The molecule has 19 heavy (non-hydrogen) atoms. The summed E-state index contributed by atoms with van der Waals surface area (Å²) in [4.78, 5) is 4.48. The van der Waals surface area contributed by atoms with Crippen LogP contribution in [0.5, 0.6) is 0 Å². The van der Waals surface area contributed by atoms with Crippen LogP contribution >= 0.6 is 0 Å². The van der Waals surface area contributed by atoms with Crippen molar-refractivity contribution in [1.82, 2.24) is 10.1 Å². The molecule has 2 heterocycles. The highest BCUT2D eigenvalue weighted by Gasteiger charge is 2.23. The summed E-state index contributed by atoms with van der Waals surface area (Å²) in [6.07, 6.45) is 0.977. The van der Waals surface area contributed by atoms with Gasteiger partial charge in [0.05, 0.1) is 6.61 Å². The predicted molar refractivity (Wildman–Crippen MR) is 72.0 cm³/mol. The van der Waals surface area contributed by atoms with Crippen molar-refractivity contribution < 1.29 is 9.26 Å². The predicted octanol–water partition coefficient (Wildman–Crippen LogP) is 3.36. The minimum atomic E-state index is 0.285. The molecular weight excluding hydrogens is 240 g/mol. The molecule has 100 valence electrons. The first kappa shape index (κ1) is 12.4. The largest absolute Gasteiger partial charge is 0.381 e. The third-order valence-corrected chi connectivity index (χ3v) is 3.56. The van der Waals surface area contributed by atoms with E-state index in [1.807, 2.05) is 12.1 Å². The fourth-order valence-electron chi connectivity index (χ4n) is 2.27. The molecule has 4 nitrogen and oxygen atoms in total. The monoisotopic (exact) mass is 258 g/mol. The SMILES string of the molecule is CC(C)c1ccc(-c2nc([C@H]3CCOC3)no2)cc1. The Hall–Kier alpha value is -1.68. The molecule has 1 aliphatic rings. The minimum absolute atomic E-state index is 0.285. The van der Waals surface area contributed by atoms with E-state index in [2.05, 4.69) is 36.1 Å². The number of hydrogen-bond acceptors (Lipinski definition) is 4. The zero-order chi connectivity index (χ0) is 13.2. The minimum Gasteiger partial charge on any atom is -0.381 e. The molecule has 0 radical (unpaired) electrons. The quantitative estimate of drug-likeness (QED) is 0.847. The second-order valence-electron chi connectivity index (χ2n) is 5.29. The fourth-order valence-corrected chi connectivity index (χ4v) is 2.27. The molecule has 3 rings (SSSR count). The first-order valence-corrected chi connectivity index (χ1v) is 6.75. The van der Waals surface area contributed by atoms with E-state index in [4.69, 9.17) is 9.26 Å². The van der Waals surface area contributed by atoms with Crippen molar-refractivity contribution in [3.05, 3.63) is 35.7 Å². The standard InChI is InChI=1S/C15H18N2O2/c1-10(2)11-3-5-12(6-4-11)15-16-14(17-19-15)13-7-8-18-9-13/h3-6,10,13H,7-9H2,1-2H3/t13-/m0/s1. The molecule has 1 fully saturated rings. The van der Waals surface area contributed by atoms with Gasteiger partial charge in [-0.1, -0.05) is 31.1 Å². The van der Waals surface area contributed by atoms with Gasteiger partial charge in [-0.25, -0.2) is 0 Å². The van der Waals surface area contributed by atoms with Crippen molar-refractivity contribution in [3.63, 3.8) is 0 Å². The van der Waals surface area contributed by atoms with Gasteiger partial charge >= 0.3 is 0 Å². The number of nitrogens with zero attached hydrogens (tertiary/aromatic N) is 2. The maximum absolute atomic E-state index is 5.35. The maximum Gasteiger partial charge on any atom is 0.257 e. The zero-order valence-corrected chi connectivity index (χ0v) is 11.3. The summed E-state index contributed by atoms with van der Waals surface area (Å²) >= 11 is 0. The molecule has 0 amide bonds. The Bertz CT molecular complexity index is 540. The van der Waals surface area contributed by atoms with Gasteiger partial charge in [-0.15, -0.1) is 0 Å². The number of hydrogen-bond donors (Lipinski definition) is 0. The van der Waals surface area contributed by atoms with Crippen LogP contribution < -0.4 is 0 Å². The lowest BCUT2D eigenvalue weighted by Crippen LogP contribution is -1.99. The third kappa shape index (κ3) is 2.54. The average Bonchev–Trinajstić information content (AvgIpc) is 3.10. The summed E-state index contributed by atoms with van der Waals surface area (Å²) in [6.45, 7) is 5.85. The molecule has 0 bridgehead atoms. The first-order chi connectivity index (χ1) is 9.24. The molecule has 0 N–H and O–H groups in total. The molecule has 0 unspecified atom stereocenters. The van der Waals surface area contributed by atoms with E-state index in [1.54, 1.807) is 0 Å². The summed E-state index contributed by atoms with van der Waals surface area (Å²) in [5.74, 6) is 2.17. The zero-order valence-electron chi connectivity index (χ0n) is 11.3. The molecule has 1 aromatic heterocycles. The van der Waals surface area contributed by atoms with Gasteiger partial charge in [-0.05, 0) is 30.0 Å². The second-order valence-corrected chi connectivity index (χ2v) is 5.29. The molecule has 2 aromatic rings. The Morgan fingerprint density at radius 3 is 2.63 bits per heavy atom. The Morgan fingerprint density at radius 2 is 2.00 bits per heavy atom. The van der Waals surface area contributed by atoms with Crippen molar-refractivity contribution >= 4 is 0 Å². The summed E-state index contributed by atoms with van der Waals surface area (Å²) in [5, 5.41) is 4.07. The number of ether oxygens (including phenoxy) is 1. The van der Waals surface area contributed by atoms with E-state index >= 15 is 0 Å². The summed E-state index contributed by atoms with van der Waals surface area (Å²) in [6, 6.07) is 8.31. The van der Waals surface area contributed by atoms with Gasteiger partial charge in [0.2, 0.25) is 0 Å². The van der Waals surface area contributed by atoms with E-state index in [0.29, 0.717) is 18.4 Å². The van der Waals surface area contributed by atoms with Crippen LogP contribution in [0.15, 0.2) is 28.8 Å². The smallest absolute Gasteiger partial charge is 0.257 e. The van der Waals surface area contributed by atoms with Gasteiger partial charge in [-0.2, -0.15) is 4.98 Å². The molecule has 1 atom stereocenters. The van der Waals surface area contributed by atoms with Gasteiger partial charge < -0.3 is 9.26 Å². The van der Waals surface area contributed by atoms with Crippen LogP contribution in [0.25, 0.3) is 11.5 Å². The lowest BCUT2D eigenvalue weighted by molar-refractivity contribution is 0.192. The van der Waals surface area contributed by atoms with Crippen molar-refractivity contribution in [2.45, 2.75) is 32.1 Å². The van der Waals surface area contributed by atoms with Crippen molar-refractivity contribution in [2.75, 3.05) is 13.2 Å². The van der Waals surface area contributed by atoms with Crippen molar-refractivity contribution in [1.29, 1.82) is 0 Å². The van der Waals surface area contributed by atoms with Gasteiger partial charge in [0.1, 0.15) is 0 Å². The lowest BCUT2D eigenvalue weighted by Gasteiger charge is -2.04. The number of aromatic nitrogens is 2. The topological polar surface area (TPSA) is 48.2 Å². The highest BCUT2D eigenvalue weighted by atomic mass is 16.5. The highest BCUT2D eigenvalue weighted by molar-refractivity contribution is 5.53. The Labute approximate surface area is 112 Å². The van der Waals surface area contributed by atoms with Crippen LogP contribution in [-0.4, -0.2) is 23.4 Å². The third-order valence-electron chi connectivity index (χ3n) is 3.56. The van der Waals surface area contributed by atoms with E-state index < -0.39 is 0 Å². The van der Waals surface area contributed by atoms with Crippen LogP contribution in [0, 0.1) is 0 Å². The second kappa shape index (κ2) is 5.13. The van der Waals surface area contributed by atoms with Gasteiger partial charge in [0, 0.05) is 18.1 Å². The van der Waals surface area contributed by atoms with Gasteiger partial charge in [0.25, 0.3) is 5.89 Å². The average molecular weight is 258 g/mol. The molecule has 0 saturated carbocycles. The molecule has 4 heteroatoms. The maximum atomic E-state index is 5.35. The van der Waals surface area contributed by atoms with Crippen LogP contribution in [0.4, 0.5) is 0 Å². The normalized spacial score (nSPS) is 19.2. The van der Waals surface area contributed by atoms with Crippen LogP contribution in [0.3, 0.4) is 0 Å². The van der Waals surface area contributed by atoms with Crippen LogP contribution in [0.2, 0.25) is 0 Å². The lowest BCUT2D eigenvalue weighted by atomic mass is 10.0. The summed E-state index contributed by atoms with van der Waals surface area (Å²) in [7, 11) is 0. The van der Waals surface area contributed by atoms with Gasteiger partial charge in [-0.3, -0.25) is 0 Å². The molecular formula is C15H18N2O2. The van der Waals surface area contributed by atoms with E-state index in [9.17, 15) is 0 Å². The Morgan fingerprint density at radius 1 is 1.21 bits per heavy atom. The molecule has 1 saturated heterocycles. The van der Waals surface area contributed by atoms with Crippen LogP contribution in [0.1, 0.15) is 43.5 Å². The Balaban J connectivity index is 1.81. The summed E-state index contributed by atoms with van der Waals surface area (Å²) in [5.41, 5.74) is 2.29. The highest BCUT2D eigenvalue weighted by Crippen LogP contribution is 2.26. The van der Waals surface area contributed by atoms with Crippen molar-refractivity contribution in [2.24, 2.45) is 0 Å². The fraction of sp³-hybridized carbons (Fsp3) is 0.467. The Kier molecular flexibility index (Phi) is 3.34. The number of benzene rings is 1. The van der Waals surface area contributed by atoms with Crippen molar-refractivity contribution in [3.8, 4) is 11.5 Å². The van der Waals surface area contributed by atoms with E-state index in [-0.39, 0.29) is 5.92 Å². The summed E-state index contributed by atoms with van der Waals surface area (Å²) < 4.78 is 10.7. The molecule has 0 spiro atoms. The van der Waals surface area contributed by atoms with Gasteiger partial charge in [0.15, 0.2) is 5.82 Å². The number of rotatable bonds is 3. The van der Waals surface area contributed by atoms with E-state index in [0.717, 1.165) is 24.4 Å². The van der Waals surface area contributed by atoms with E-state index in [1.165, 1.54) is 5.56 Å². The first-order valence-electron chi connectivity index (χ1n) is 6.75. The molecule has 0 aliphatic carbocycles. The molecule has 1 aromatic carbocycles. The van der Waals surface area contributed by atoms with Crippen LogP contribution in [-0.2, 0) is 4.74 Å².